The molecule has 0 fully saturated rings. The number of hydrogen-bond donors (Lipinski definition) is 0. The average Bonchev–Trinajstić information content (AvgIpc) is 2.90. The lowest BCUT2D eigenvalue weighted by atomic mass is 10.0. The van der Waals surface area contributed by atoms with E-state index in [2.05, 4.69) is 4.98 Å². The van der Waals surface area contributed by atoms with Gasteiger partial charge >= 0.3 is 6.18 Å². The first-order valence-corrected chi connectivity index (χ1v) is 7.16. The van der Waals surface area contributed by atoms with Crippen molar-refractivity contribution in [2.45, 2.75) is 6.18 Å². The maximum atomic E-state index is 13.4. The summed E-state index contributed by atoms with van der Waals surface area (Å²) >= 11 is 0.398. The molecule has 0 bridgehead atoms. The molecule has 0 atom stereocenters. The van der Waals surface area contributed by atoms with Crippen molar-refractivity contribution in [1.29, 1.82) is 0 Å². The summed E-state index contributed by atoms with van der Waals surface area (Å²) in [6, 6.07) is 16.4. The summed E-state index contributed by atoms with van der Waals surface area (Å²) < 4.78 is 51.1. The molecular weight excluding hydrogens is 314 g/mol. The van der Waals surface area contributed by atoms with Gasteiger partial charge in [-0.3, -0.25) is 0 Å². The van der Waals surface area contributed by atoms with Gasteiger partial charge in [-0.25, -0.2) is 4.98 Å². The molecule has 0 N–H and O–H groups in total. The van der Waals surface area contributed by atoms with Crippen LogP contribution in [0.25, 0.3) is 21.7 Å². The number of alkyl halides is 3. The molecule has 0 amide bonds. The van der Waals surface area contributed by atoms with Crippen molar-refractivity contribution in [3.63, 3.8) is 0 Å². The van der Waals surface area contributed by atoms with E-state index in [1.807, 2.05) is 30.3 Å². The zero-order valence-electron chi connectivity index (χ0n) is 11.1. The molecule has 0 aliphatic heterocycles. The minimum atomic E-state index is -4.77. The van der Waals surface area contributed by atoms with E-state index < -0.39 is 17.0 Å². The molecule has 3 aromatic rings. The molecule has 1 nitrogen and oxygen atoms in total. The normalized spacial score (nSPS) is 11.6. The number of aromatic nitrogens is 1. The Kier molecular flexibility index (Phi) is 3.70. The van der Waals surface area contributed by atoms with Crippen molar-refractivity contribution in [3.05, 3.63) is 65.4 Å². The highest BCUT2D eigenvalue weighted by atomic mass is 32.1. The quantitative estimate of drug-likeness (QED) is 0.557. The second kappa shape index (κ2) is 5.53. The van der Waals surface area contributed by atoms with E-state index in [4.69, 9.17) is 0 Å². The highest BCUT2D eigenvalue weighted by molar-refractivity contribution is 7.13. The van der Waals surface area contributed by atoms with Crippen LogP contribution in [-0.2, 0) is 6.18 Å². The predicted octanol–water partition coefficient (Wildman–Crippen LogP) is 5.64. The number of rotatable bonds is 2. The van der Waals surface area contributed by atoms with E-state index in [0.29, 0.717) is 16.9 Å². The lowest BCUT2D eigenvalue weighted by Gasteiger charge is -2.03. The maximum absolute atomic E-state index is 13.4. The average molecular weight is 323 g/mol. The minimum absolute atomic E-state index is 0.0180. The summed E-state index contributed by atoms with van der Waals surface area (Å²) in [4.78, 5) is 3.37. The van der Waals surface area contributed by atoms with E-state index in [1.165, 1.54) is 0 Å². The van der Waals surface area contributed by atoms with Gasteiger partial charge in [0.25, 0.3) is 0 Å². The van der Waals surface area contributed by atoms with Gasteiger partial charge in [-0.2, -0.15) is 17.6 Å². The highest BCUT2D eigenvalue weighted by Gasteiger charge is 2.38. The van der Waals surface area contributed by atoms with Crippen LogP contribution in [0.3, 0.4) is 0 Å². The molecule has 22 heavy (non-hydrogen) atoms. The summed E-state index contributed by atoms with van der Waals surface area (Å²) in [7, 11) is 0. The molecule has 0 radical (unpaired) electrons. The van der Waals surface area contributed by atoms with Crippen LogP contribution in [0.2, 0.25) is 0 Å². The summed E-state index contributed by atoms with van der Waals surface area (Å²) in [6.07, 6.45) is -4.77. The maximum Gasteiger partial charge on any atom is 0.437 e. The van der Waals surface area contributed by atoms with Crippen molar-refractivity contribution in [2.24, 2.45) is 0 Å². The van der Waals surface area contributed by atoms with Crippen LogP contribution in [-0.4, -0.2) is 4.98 Å². The number of nitrogens with zero attached hydrogens (tertiary/aromatic N) is 1. The third-order valence-electron chi connectivity index (χ3n) is 3.09. The van der Waals surface area contributed by atoms with Crippen molar-refractivity contribution >= 4 is 11.3 Å². The number of halogens is 4. The SMILES string of the molecule is Fc1sc(-c2ccc(-c3ccccc3)cc2)nc1C(F)(F)F. The Hall–Kier alpha value is -2.21. The van der Waals surface area contributed by atoms with Crippen molar-refractivity contribution in [2.75, 3.05) is 0 Å². The van der Waals surface area contributed by atoms with Crippen LogP contribution in [0.4, 0.5) is 17.6 Å². The molecule has 0 aliphatic rings. The van der Waals surface area contributed by atoms with Gasteiger partial charge in [-0.05, 0) is 11.1 Å². The lowest BCUT2D eigenvalue weighted by molar-refractivity contribution is -0.142. The fraction of sp³-hybridized carbons (Fsp3) is 0.0625. The Morgan fingerprint density at radius 1 is 0.773 bits per heavy atom. The standard InChI is InChI=1S/C16H9F4NS/c17-14-13(16(18,19)20)21-15(22-14)12-8-6-11(7-9-12)10-4-2-1-3-5-10/h1-9H. The van der Waals surface area contributed by atoms with E-state index in [0.717, 1.165) is 11.1 Å². The summed E-state index contributed by atoms with van der Waals surface area (Å²) in [6.45, 7) is 0. The van der Waals surface area contributed by atoms with Crippen molar-refractivity contribution in [1.82, 2.24) is 4.98 Å². The Balaban J connectivity index is 1.94. The Morgan fingerprint density at radius 3 is 1.86 bits per heavy atom. The highest BCUT2D eigenvalue weighted by Crippen LogP contribution is 2.36. The zero-order valence-corrected chi connectivity index (χ0v) is 11.9. The first-order chi connectivity index (χ1) is 10.4. The molecule has 1 aromatic heterocycles. The number of hydrogen-bond acceptors (Lipinski definition) is 2. The Morgan fingerprint density at radius 2 is 1.32 bits per heavy atom. The number of thiazole rings is 1. The van der Waals surface area contributed by atoms with Crippen LogP contribution in [0.5, 0.6) is 0 Å². The van der Waals surface area contributed by atoms with Crippen LogP contribution < -0.4 is 0 Å². The van der Waals surface area contributed by atoms with Crippen molar-refractivity contribution in [3.8, 4) is 21.7 Å². The molecule has 0 spiro atoms. The fourth-order valence-electron chi connectivity index (χ4n) is 2.04. The van der Waals surface area contributed by atoms with Gasteiger partial charge in [0.2, 0.25) is 5.13 Å². The van der Waals surface area contributed by atoms with E-state index in [-0.39, 0.29) is 5.01 Å². The molecule has 6 heteroatoms. The predicted molar refractivity (Wildman–Crippen MR) is 77.9 cm³/mol. The summed E-state index contributed by atoms with van der Waals surface area (Å²) in [5.41, 5.74) is 0.923. The van der Waals surface area contributed by atoms with Gasteiger partial charge in [0.05, 0.1) is 0 Å². The van der Waals surface area contributed by atoms with Gasteiger partial charge in [-0.15, -0.1) is 0 Å². The smallest absolute Gasteiger partial charge is 0.228 e. The molecule has 2 aromatic carbocycles. The third kappa shape index (κ3) is 2.87. The molecule has 0 unspecified atom stereocenters. The van der Waals surface area contributed by atoms with E-state index in [9.17, 15) is 17.6 Å². The van der Waals surface area contributed by atoms with Gasteiger partial charge in [0.1, 0.15) is 5.01 Å². The molecule has 0 aliphatic carbocycles. The van der Waals surface area contributed by atoms with E-state index >= 15 is 0 Å². The summed E-state index contributed by atoms with van der Waals surface area (Å²) in [5.74, 6) is 0. The largest absolute Gasteiger partial charge is 0.437 e. The Labute approximate surface area is 127 Å². The van der Waals surface area contributed by atoms with E-state index in [1.54, 1.807) is 24.3 Å². The molecule has 112 valence electrons. The topological polar surface area (TPSA) is 12.9 Å². The van der Waals surface area contributed by atoms with Gasteiger partial charge in [0.15, 0.2) is 5.69 Å². The second-order valence-electron chi connectivity index (χ2n) is 4.58. The molecule has 1 heterocycles. The van der Waals surface area contributed by atoms with Crippen LogP contribution in [0.1, 0.15) is 5.69 Å². The summed E-state index contributed by atoms with van der Waals surface area (Å²) in [5, 5.41) is -1.29. The first kappa shape index (κ1) is 14.7. The van der Waals surface area contributed by atoms with Crippen LogP contribution >= 0.6 is 11.3 Å². The number of benzene rings is 2. The molecule has 0 saturated carbocycles. The third-order valence-corrected chi connectivity index (χ3v) is 3.99. The van der Waals surface area contributed by atoms with Crippen LogP contribution in [0, 0.1) is 5.13 Å². The molecular formula is C16H9F4NS. The van der Waals surface area contributed by atoms with Crippen LogP contribution in [0.15, 0.2) is 54.6 Å². The molecule has 0 saturated heterocycles. The second-order valence-corrected chi connectivity index (χ2v) is 5.53. The van der Waals surface area contributed by atoms with Gasteiger partial charge in [0, 0.05) is 5.56 Å². The monoisotopic (exact) mass is 323 g/mol. The minimum Gasteiger partial charge on any atom is -0.228 e. The first-order valence-electron chi connectivity index (χ1n) is 6.34. The van der Waals surface area contributed by atoms with Gasteiger partial charge < -0.3 is 0 Å². The Bertz CT molecular complexity index is 776. The zero-order chi connectivity index (χ0) is 15.7. The van der Waals surface area contributed by atoms with Gasteiger partial charge in [-0.1, -0.05) is 65.9 Å². The lowest BCUT2D eigenvalue weighted by Crippen LogP contribution is -2.07. The fourth-order valence-corrected chi connectivity index (χ4v) is 2.85. The molecule has 3 rings (SSSR count). The van der Waals surface area contributed by atoms with Crippen molar-refractivity contribution < 1.29 is 17.6 Å².